The Balaban J connectivity index is 1.69. The van der Waals surface area contributed by atoms with Crippen molar-refractivity contribution in [2.24, 2.45) is 11.8 Å². The largest absolute Gasteiger partial charge is 0.490 e. The van der Waals surface area contributed by atoms with Gasteiger partial charge in [-0.3, -0.25) is 0 Å². The molecule has 25 heavy (non-hydrogen) atoms. The van der Waals surface area contributed by atoms with Crippen LogP contribution >= 0.6 is 0 Å². The maximum Gasteiger partial charge on any atom is 0.201 e. The molecule has 0 unspecified atom stereocenters. The van der Waals surface area contributed by atoms with Gasteiger partial charge >= 0.3 is 0 Å². The van der Waals surface area contributed by atoms with Crippen LogP contribution in [0.15, 0.2) is 12.1 Å². The van der Waals surface area contributed by atoms with Crippen LogP contribution in [0.3, 0.4) is 0 Å². The molecule has 4 heteroatoms. The van der Waals surface area contributed by atoms with Crippen LogP contribution in [-0.2, 0) is 0 Å². The van der Waals surface area contributed by atoms with Crippen molar-refractivity contribution in [3.63, 3.8) is 0 Å². The summed E-state index contributed by atoms with van der Waals surface area (Å²) in [6.45, 7) is 2.66. The van der Waals surface area contributed by atoms with E-state index in [1.807, 2.05) is 0 Å². The van der Waals surface area contributed by atoms with E-state index in [2.05, 4.69) is 6.92 Å². The maximum absolute atomic E-state index is 13.8. The molecule has 0 bridgehead atoms. The van der Waals surface area contributed by atoms with Gasteiger partial charge in [-0.15, -0.1) is 0 Å². The molecule has 2 rings (SSSR count). The molecule has 1 aliphatic rings. The molecule has 0 atom stereocenters. The van der Waals surface area contributed by atoms with E-state index in [9.17, 15) is 8.78 Å². The van der Waals surface area contributed by atoms with E-state index in [1.165, 1.54) is 63.5 Å². The average Bonchev–Trinajstić information content (AvgIpc) is 2.64. The number of hydrogen-bond acceptors (Lipinski definition) is 2. The van der Waals surface area contributed by atoms with Crippen LogP contribution in [0.2, 0.25) is 0 Å². The van der Waals surface area contributed by atoms with E-state index in [0.29, 0.717) is 12.5 Å². The van der Waals surface area contributed by atoms with E-state index in [4.69, 9.17) is 10.00 Å². The van der Waals surface area contributed by atoms with Crippen molar-refractivity contribution in [1.82, 2.24) is 0 Å². The zero-order valence-corrected chi connectivity index (χ0v) is 15.2. The lowest BCUT2D eigenvalue weighted by Gasteiger charge is -2.28. The molecular weight excluding hydrogens is 320 g/mol. The van der Waals surface area contributed by atoms with Crippen LogP contribution < -0.4 is 4.74 Å². The molecule has 0 radical (unpaired) electrons. The van der Waals surface area contributed by atoms with Crippen molar-refractivity contribution >= 4 is 0 Å². The van der Waals surface area contributed by atoms with Gasteiger partial charge in [-0.1, -0.05) is 58.3 Å². The first kappa shape index (κ1) is 19.7. The fourth-order valence-electron chi connectivity index (χ4n) is 3.66. The normalized spacial score (nSPS) is 20.2. The standard InChI is InChI=1S/C21H29F2NO/c1-2-3-4-5-6-7-16-8-10-17(11-9-16)15-25-19-13-12-18(14-24)20(22)21(19)23/h12-13,16-17H,2-11,15H2,1H3. The van der Waals surface area contributed by atoms with E-state index in [-0.39, 0.29) is 11.3 Å². The summed E-state index contributed by atoms with van der Waals surface area (Å²) in [7, 11) is 0. The molecule has 0 aliphatic heterocycles. The molecule has 138 valence electrons. The molecule has 2 nitrogen and oxygen atoms in total. The van der Waals surface area contributed by atoms with Crippen LogP contribution in [0.4, 0.5) is 8.78 Å². The van der Waals surface area contributed by atoms with Crippen LogP contribution in [0.1, 0.15) is 76.7 Å². The first-order valence-electron chi connectivity index (χ1n) is 9.66. The number of rotatable bonds is 9. The zero-order valence-electron chi connectivity index (χ0n) is 15.2. The number of nitriles is 1. The Morgan fingerprint density at radius 2 is 1.68 bits per heavy atom. The SMILES string of the molecule is CCCCCCCC1CCC(COc2ccc(C#N)c(F)c2F)CC1. The van der Waals surface area contributed by atoms with Gasteiger partial charge in [0.25, 0.3) is 0 Å². The summed E-state index contributed by atoms with van der Waals surface area (Å²) in [5.41, 5.74) is -0.288. The first-order valence-corrected chi connectivity index (χ1v) is 9.66. The van der Waals surface area contributed by atoms with Crippen molar-refractivity contribution < 1.29 is 13.5 Å². The van der Waals surface area contributed by atoms with Crippen molar-refractivity contribution in [2.75, 3.05) is 6.61 Å². The van der Waals surface area contributed by atoms with Gasteiger partial charge in [0, 0.05) is 0 Å². The van der Waals surface area contributed by atoms with E-state index in [1.54, 1.807) is 6.07 Å². The Hall–Kier alpha value is -1.63. The van der Waals surface area contributed by atoms with Gasteiger partial charge in [0.05, 0.1) is 12.2 Å². The second kappa shape index (κ2) is 10.4. The van der Waals surface area contributed by atoms with E-state index in [0.717, 1.165) is 18.8 Å². The van der Waals surface area contributed by atoms with Gasteiger partial charge in [-0.05, 0) is 36.8 Å². The average molecular weight is 349 g/mol. The Kier molecular flexibility index (Phi) is 8.18. The summed E-state index contributed by atoms with van der Waals surface area (Å²) < 4.78 is 32.9. The highest BCUT2D eigenvalue weighted by Crippen LogP contribution is 2.33. The Morgan fingerprint density at radius 1 is 1.00 bits per heavy atom. The second-order valence-electron chi connectivity index (χ2n) is 7.25. The summed E-state index contributed by atoms with van der Waals surface area (Å²) >= 11 is 0. The highest BCUT2D eigenvalue weighted by molar-refractivity contribution is 5.37. The molecule has 0 saturated heterocycles. The molecule has 0 N–H and O–H groups in total. The number of halogens is 2. The quantitative estimate of drug-likeness (QED) is 0.484. The Bertz CT molecular complexity index is 574. The smallest absolute Gasteiger partial charge is 0.201 e. The monoisotopic (exact) mass is 349 g/mol. The summed E-state index contributed by atoms with van der Waals surface area (Å²) in [5, 5.41) is 8.70. The van der Waals surface area contributed by atoms with Crippen molar-refractivity contribution in [1.29, 1.82) is 5.26 Å². The molecule has 0 spiro atoms. The predicted molar refractivity (Wildman–Crippen MR) is 95.4 cm³/mol. The van der Waals surface area contributed by atoms with Gasteiger partial charge in [-0.2, -0.15) is 9.65 Å². The molecule has 0 aromatic heterocycles. The minimum Gasteiger partial charge on any atom is -0.490 e. The topological polar surface area (TPSA) is 33.0 Å². The highest BCUT2D eigenvalue weighted by Gasteiger charge is 2.22. The third kappa shape index (κ3) is 5.99. The summed E-state index contributed by atoms with van der Waals surface area (Å²) in [4.78, 5) is 0. The van der Waals surface area contributed by atoms with Crippen LogP contribution in [0, 0.1) is 34.8 Å². The predicted octanol–water partition coefficient (Wildman–Crippen LogP) is 6.38. The third-order valence-electron chi connectivity index (χ3n) is 5.32. The van der Waals surface area contributed by atoms with Crippen molar-refractivity contribution in [2.45, 2.75) is 71.1 Å². The third-order valence-corrected chi connectivity index (χ3v) is 5.32. The number of unbranched alkanes of at least 4 members (excludes halogenated alkanes) is 4. The molecule has 1 saturated carbocycles. The van der Waals surface area contributed by atoms with Crippen LogP contribution in [0.25, 0.3) is 0 Å². The molecule has 0 amide bonds. The molecule has 1 aliphatic carbocycles. The minimum atomic E-state index is -1.12. The van der Waals surface area contributed by atoms with E-state index >= 15 is 0 Å². The Morgan fingerprint density at radius 3 is 2.36 bits per heavy atom. The fraction of sp³-hybridized carbons (Fsp3) is 0.667. The summed E-state index contributed by atoms with van der Waals surface area (Å²) in [5.74, 6) is -1.03. The summed E-state index contributed by atoms with van der Waals surface area (Å²) in [6.07, 6.45) is 12.6. The lowest BCUT2D eigenvalue weighted by molar-refractivity contribution is 0.172. The number of benzene rings is 1. The second-order valence-corrected chi connectivity index (χ2v) is 7.25. The van der Waals surface area contributed by atoms with E-state index < -0.39 is 11.6 Å². The van der Waals surface area contributed by atoms with Gasteiger partial charge in [0.2, 0.25) is 5.82 Å². The van der Waals surface area contributed by atoms with Crippen molar-refractivity contribution in [3.05, 3.63) is 29.3 Å². The van der Waals surface area contributed by atoms with Gasteiger partial charge in [0.15, 0.2) is 11.6 Å². The number of nitrogens with zero attached hydrogens (tertiary/aromatic N) is 1. The zero-order chi connectivity index (χ0) is 18.1. The molecular formula is C21H29F2NO. The Labute approximate surface area is 150 Å². The number of ether oxygens (including phenoxy) is 1. The van der Waals surface area contributed by atoms with Gasteiger partial charge < -0.3 is 4.74 Å². The first-order chi connectivity index (χ1) is 12.2. The molecule has 1 aromatic carbocycles. The van der Waals surface area contributed by atoms with Crippen LogP contribution in [-0.4, -0.2) is 6.61 Å². The van der Waals surface area contributed by atoms with Crippen molar-refractivity contribution in [3.8, 4) is 11.8 Å². The highest BCUT2D eigenvalue weighted by atomic mass is 19.2. The lowest BCUT2D eigenvalue weighted by atomic mass is 9.80. The molecule has 0 heterocycles. The van der Waals surface area contributed by atoms with Crippen LogP contribution in [0.5, 0.6) is 5.75 Å². The van der Waals surface area contributed by atoms with Gasteiger partial charge in [-0.25, -0.2) is 4.39 Å². The molecule has 1 fully saturated rings. The maximum atomic E-state index is 13.8. The fourth-order valence-corrected chi connectivity index (χ4v) is 3.66. The van der Waals surface area contributed by atoms with Gasteiger partial charge in [0.1, 0.15) is 6.07 Å². The number of hydrogen-bond donors (Lipinski definition) is 0. The lowest BCUT2D eigenvalue weighted by Crippen LogP contribution is -2.20. The minimum absolute atomic E-state index is 0.0884. The summed E-state index contributed by atoms with van der Waals surface area (Å²) in [6, 6.07) is 4.24. The molecule has 1 aromatic rings.